The summed E-state index contributed by atoms with van der Waals surface area (Å²) in [5.74, 6) is 5.63. The molecule has 0 spiro atoms. The van der Waals surface area contributed by atoms with Gasteiger partial charge >= 0.3 is 0 Å². The van der Waals surface area contributed by atoms with Crippen molar-refractivity contribution in [3.05, 3.63) is 33.8 Å². The summed E-state index contributed by atoms with van der Waals surface area (Å²) in [6.45, 7) is 1.77. The Kier molecular flexibility index (Phi) is 2.82. The molecule has 0 aromatic heterocycles. The Hall–Kier alpha value is -0.640. The molecule has 0 fully saturated rings. The molecule has 0 aliphatic heterocycles. The summed E-state index contributed by atoms with van der Waals surface area (Å²) in [6.07, 6.45) is 0. The molecule has 0 N–H and O–H groups in total. The van der Waals surface area contributed by atoms with Crippen molar-refractivity contribution in [1.29, 1.82) is 0 Å². The van der Waals surface area contributed by atoms with Crippen molar-refractivity contribution in [3.63, 3.8) is 0 Å². The van der Waals surface area contributed by atoms with Gasteiger partial charge in [0, 0.05) is 10.6 Å². The van der Waals surface area contributed by atoms with E-state index in [1.54, 1.807) is 25.1 Å². The van der Waals surface area contributed by atoms with Crippen LogP contribution < -0.4 is 0 Å². The number of hydrogen-bond donors (Lipinski definition) is 0. The summed E-state index contributed by atoms with van der Waals surface area (Å²) in [7, 11) is 0. The van der Waals surface area contributed by atoms with Gasteiger partial charge in [0.25, 0.3) is 0 Å². The number of benzene rings is 1. The molecule has 0 radical (unpaired) electrons. The van der Waals surface area contributed by atoms with Crippen LogP contribution in [-0.4, -0.2) is 0 Å². The van der Waals surface area contributed by atoms with Crippen molar-refractivity contribution >= 4 is 23.2 Å². The van der Waals surface area contributed by atoms with Crippen LogP contribution in [0.25, 0.3) is 0 Å². The van der Waals surface area contributed by atoms with E-state index in [4.69, 9.17) is 23.2 Å². The number of halogens is 2. The van der Waals surface area contributed by atoms with E-state index in [2.05, 4.69) is 11.8 Å². The highest BCUT2D eigenvalue weighted by atomic mass is 35.5. The molecule has 0 heterocycles. The standard InChI is InChI=1S/C9H6Cl2/c1-2-3-7-4-5-8(10)6-9(7)11/h4-6H,1H3. The summed E-state index contributed by atoms with van der Waals surface area (Å²) in [4.78, 5) is 0. The minimum Gasteiger partial charge on any atom is -0.101 e. The zero-order valence-electron chi connectivity index (χ0n) is 5.99. The smallest absolute Gasteiger partial charge is 0.0577 e. The predicted octanol–water partition coefficient (Wildman–Crippen LogP) is 3.36. The maximum atomic E-state index is 5.82. The molecule has 0 aliphatic rings. The van der Waals surface area contributed by atoms with Gasteiger partial charge in [0.05, 0.1) is 5.02 Å². The van der Waals surface area contributed by atoms with Crippen molar-refractivity contribution in [3.8, 4) is 11.8 Å². The Bertz CT molecular complexity index is 318. The molecule has 0 unspecified atom stereocenters. The summed E-state index contributed by atoms with van der Waals surface area (Å²) in [5.41, 5.74) is 0.818. The van der Waals surface area contributed by atoms with Crippen molar-refractivity contribution in [1.82, 2.24) is 0 Å². The Morgan fingerprint density at radius 2 is 2.00 bits per heavy atom. The molecule has 0 atom stereocenters. The lowest BCUT2D eigenvalue weighted by molar-refractivity contribution is 1.64. The average molecular weight is 185 g/mol. The topological polar surface area (TPSA) is 0 Å². The first-order chi connectivity index (χ1) is 5.24. The zero-order chi connectivity index (χ0) is 8.27. The van der Waals surface area contributed by atoms with E-state index in [9.17, 15) is 0 Å². The molecule has 0 bridgehead atoms. The molecule has 0 aliphatic carbocycles. The van der Waals surface area contributed by atoms with E-state index in [0.29, 0.717) is 10.0 Å². The van der Waals surface area contributed by atoms with Crippen molar-refractivity contribution in [2.75, 3.05) is 0 Å². The Balaban J connectivity index is 3.16. The molecule has 0 amide bonds. The van der Waals surface area contributed by atoms with Gasteiger partial charge in [-0.05, 0) is 25.1 Å². The molecule has 0 nitrogen and oxygen atoms in total. The minimum absolute atomic E-state index is 0.604. The molecule has 11 heavy (non-hydrogen) atoms. The van der Waals surface area contributed by atoms with Gasteiger partial charge in [-0.1, -0.05) is 29.1 Å². The molecular weight excluding hydrogens is 179 g/mol. The van der Waals surface area contributed by atoms with Crippen LogP contribution in [-0.2, 0) is 0 Å². The first-order valence-electron chi connectivity index (χ1n) is 3.12. The Morgan fingerprint density at radius 1 is 1.27 bits per heavy atom. The first kappa shape index (κ1) is 8.46. The Morgan fingerprint density at radius 3 is 2.55 bits per heavy atom. The van der Waals surface area contributed by atoms with E-state index >= 15 is 0 Å². The van der Waals surface area contributed by atoms with E-state index in [1.165, 1.54) is 0 Å². The largest absolute Gasteiger partial charge is 0.101 e. The first-order valence-corrected chi connectivity index (χ1v) is 3.87. The summed E-state index contributed by atoms with van der Waals surface area (Å²) < 4.78 is 0. The minimum atomic E-state index is 0.604. The van der Waals surface area contributed by atoms with E-state index in [0.717, 1.165) is 5.56 Å². The zero-order valence-corrected chi connectivity index (χ0v) is 7.50. The fourth-order valence-corrected chi connectivity index (χ4v) is 1.18. The van der Waals surface area contributed by atoms with Crippen molar-refractivity contribution in [2.45, 2.75) is 6.92 Å². The van der Waals surface area contributed by atoms with Crippen LogP contribution in [0.15, 0.2) is 18.2 Å². The lowest BCUT2D eigenvalue weighted by atomic mass is 10.2. The van der Waals surface area contributed by atoms with Crippen molar-refractivity contribution < 1.29 is 0 Å². The average Bonchev–Trinajstić information content (AvgIpc) is 1.95. The SMILES string of the molecule is CC#Cc1ccc(Cl)cc1Cl. The van der Waals surface area contributed by atoms with Gasteiger partial charge in [-0.3, -0.25) is 0 Å². The third-order valence-corrected chi connectivity index (χ3v) is 1.74. The third kappa shape index (κ3) is 2.15. The van der Waals surface area contributed by atoms with Crippen molar-refractivity contribution in [2.24, 2.45) is 0 Å². The summed E-state index contributed by atoms with van der Waals surface area (Å²) in [6, 6.07) is 5.26. The molecule has 0 saturated carbocycles. The molecule has 0 saturated heterocycles. The van der Waals surface area contributed by atoms with Gasteiger partial charge in [0.2, 0.25) is 0 Å². The van der Waals surface area contributed by atoms with Gasteiger partial charge in [0.15, 0.2) is 0 Å². The third-order valence-electron chi connectivity index (χ3n) is 1.19. The van der Waals surface area contributed by atoms with Crippen LogP contribution in [0.1, 0.15) is 12.5 Å². The second-order valence-electron chi connectivity index (χ2n) is 2.00. The fraction of sp³-hybridized carbons (Fsp3) is 0.111. The predicted molar refractivity (Wildman–Crippen MR) is 49.0 cm³/mol. The second kappa shape index (κ2) is 3.67. The molecule has 56 valence electrons. The maximum absolute atomic E-state index is 5.82. The molecular formula is C9H6Cl2. The van der Waals surface area contributed by atoms with Crippen LogP contribution >= 0.6 is 23.2 Å². The molecule has 1 aromatic rings. The highest BCUT2D eigenvalue weighted by Crippen LogP contribution is 2.19. The van der Waals surface area contributed by atoms with Crippen LogP contribution in [0.5, 0.6) is 0 Å². The second-order valence-corrected chi connectivity index (χ2v) is 2.84. The lowest BCUT2D eigenvalue weighted by Crippen LogP contribution is -1.75. The lowest BCUT2D eigenvalue weighted by Gasteiger charge is -1.94. The van der Waals surface area contributed by atoms with Crippen LogP contribution in [0, 0.1) is 11.8 Å². The van der Waals surface area contributed by atoms with Crippen LogP contribution in [0.3, 0.4) is 0 Å². The molecule has 1 aromatic carbocycles. The monoisotopic (exact) mass is 184 g/mol. The molecule has 1 rings (SSSR count). The van der Waals surface area contributed by atoms with Gasteiger partial charge in [0.1, 0.15) is 0 Å². The maximum Gasteiger partial charge on any atom is 0.0577 e. The fourth-order valence-electron chi connectivity index (χ4n) is 0.726. The highest BCUT2D eigenvalue weighted by molar-refractivity contribution is 6.35. The van der Waals surface area contributed by atoms with Crippen LogP contribution in [0.2, 0.25) is 10.0 Å². The normalized spacial score (nSPS) is 8.64. The number of rotatable bonds is 0. The van der Waals surface area contributed by atoms with E-state index in [-0.39, 0.29) is 0 Å². The van der Waals surface area contributed by atoms with Crippen LogP contribution in [0.4, 0.5) is 0 Å². The van der Waals surface area contributed by atoms with Gasteiger partial charge in [-0.2, -0.15) is 0 Å². The Labute approximate surface area is 76.1 Å². The van der Waals surface area contributed by atoms with Gasteiger partial charge < -0.3 is 0 Å². The highest BCUT2D eigenvalue weighted by Gasteiger charge is 1.95. The van der Waals surface area contributed by atoms with Gasteiger partial charge in [-0.25, -0.2) is 0 Å². The summed E-state index contributed by atoms with van der Waals surface area (Å²) in [5, 5.41) is 1.24. The van der Waals surface area contributed by atoms with Gasteiger partial charge in [-0.15, -0.1) is 5.92 Å². The number of hydrogen-bond acceptors (Lipinski definition) is 0. The van der Waals surface area contributed by atoms with E-state index in [1.807, 2.05) is 0 Å². The van der Waals surface area contributed by atoms with E-state index < -0.39 is 0 Å². The summed E-state index contributed by atoms with van der Waals surface area (Å²) >= 11 is 11.5. The molecule has 2 heteroatoms. The quantitative estimate of drug-likeness (QED) is 0.543.